The molecule has 1 fully saturated rings. The van der Waals surface area contributed by atoms with E-state index in [1.54, 1.807) is 11.9 Å². The predicted octanol–water partition coefficient (Wildman–Crippen LogP) is 0.601. The van der Waals surface area contributed by atoms with E-state index in [2.05, 4.69) is 28.9 Å². The summed E-state index contributed by atoms with van der Waals surface area (Å²) in [5.41, 5.74) is 2.45. The Morgan fingerprint density at radius 2 is 1.85 bits per heavy atom. The van der Waals surface area contributed by atoms with Crippen LogP contribution in [0.15, 0.2) is 12.4 Å². The molecule has 0 saturated carbocycles. The van der Waals surface area contributed by atoms with Gasteiger partial charge in [-0.3, -0.25) is 19.1 Å². The van der Waals surface area contributed by atoms with E-state index in [1.807, 2.05) is 10.9 Å². The number of nitrogens with zero attached hydrogens (tertiary/aromatic N) is 6. The van der Waals surface area contributed by atoms with Crippen molar-refractivity contribution >= 4 is 11.9 Å². The zero-order valence-electron chi connectivity index (χ0n) is 15.3. The molecule has 0 spiro atoms. The highest BCUT2D eigenvalue weighted by Crippen LogP contribution is 2.16. The van der Waals surface area contributed by atoms with E-state index in [4.69, 9.17) is 0 Å². The maximum atomic E-state index is 12.7. The van der Waals surface area contributed by atoms with Gasteiger partial charge >= 0.3 is 5.97 Å². The molecule has 1 aliphatic heterocycles. The summed E-state index contributed by atoms with van der Waals surface area (Å²) in [6.45, 7) is 8.39. The number of amides is 1. The van der Waals surface area contributed by atoms with Crippen molar-refractivity contribution in [3.8, 4) is 0 Å². The lowest BCUT2D eigenvalue weighted by atomic mass is 10.2. The Morgan fingerprint density at radius 1 is 1.15 bits per heavy atom. The molecule has 3 heterocycles. The summed E-state index contributed by atoms with van der Waals surface area (Å²) < 4.78 is 3.31. The first-order chi connectivity index (χ1) is 12.4. The molecule has 1 saturated heterocycles. The smallest absolute Gasteiger partial charge is 0.339 e. The topological polar surface area (TPSA) is 96.5 Å². The molecule has 0 aromatic carbocycles. The number of aryl methyl sites for hydroxylation is 2. The van der Waals surface area contributed by atoms with Gasteiger partial charge in [-0.1, -0.05) is 0 Å². The van der Waals surface area contributed by atoms with Gasteiger partial charge in [-0.2, -0.15) is 10.2 Å². The van der Waals surface area contributed by atoms with Crippen molar-refractivity contribution in [2.45, 2.75) is 26.9 Å². The lowest BCUT2D eigenvalue weighted by Gasteiger charge is -2.34. The van der Waals surface area contributed by atoms with Crippen molar-refractivity contribution in [2.24, 2.45) is 7.05 Å². The van der Waals surface area contributed by atoms with Crippen molar-refractivity contribution < 1.29 is 14.7 Å². The number of hydrogen-bond acceptors (Lipinski definition) is 5. The van der Waals surface area contributed by atoms with E-state index >= 15 is 0 Å². The van der Waals surface area contributed by atoms with Gasteiger partial charge in [-0.05, 0) is 13.8 Å². The van der Waals surface area contributed by atoms with Gasteiger partial charge in [0.05, 0.1) is 12.4 Å². The van der Waals surface area contributed by atoms with Gasteiger partial charge in [0.15, 0.2) is 0 Å². The Balaban J connectivity index is 1.63. The highest BCUT2D eigenvalue weighted by Gasteiger charge is 2.28. The minimum Gasteiger partial charge on any atom is -0.478 e. The number of rotatable bonds is 5. The summed E-state index contributed by atoms with van der Waals surface area (Å²) in [6.07, 6.45) is 3.13. The molecule has 1 aliphatic rings. The Kier molecular flexibility index (Phi) is 5.08. The molecule has 0 atom stereocenters. The number of carboxylic acids is 1. The zero-order chi connectivity index (χ0) is 18.8. The molecule has 140 valence electrons. The Hall–Kier alpha value is -2.68. The second-order valence-electron chi connectivity index (χ2n) is 6.47. The van der Waals surface area contributed by atoms with Crippen molar-refractivity contribution in [2.75, 3.05) is 26.2 Å². The van der Waals surface area contributed by atoms with Gasteiger partial charge in [0.25, 0.3) is 5.91 Å². The molecule has 0 unspecified atom stereocenters. The molecule has 9 nitrogen and oxygen atoms in total. The highest BCUT2D eigenvalue weighted by atomic mass is 16.4. The third-order valence-corrected chi connectivity index (χ3v) is 4.93. The van der Waals surface area contributed by atoms with E-state index in [-0.39, 0.29) is 17.2 Å². The van der Waals surface area contributed by atoms with Gasteiger partial charge in [-0.25, -0.2) is 4.79 Å². The summed E-state index contributed by atoms with van der Waals surface area (Å²) in [5.74, 6) is -1.42. The number of aromatic carboxylic acids is 1. The zero-order valence-corrected chi connectivity index (χ0v) is 15.3. The highest BCUT2D eigenvalue weighted by molar-refractivity contribution is 6.03. The van der Waals surface area contributed by atoms with E-state index in [0.717, 1.165) is 26.2 Å². The van der Waals surface area contributed by atoms with E-state index in [1.165, 1.54) is 22.1 Å². The SMILES string of the molecule is CCn1ncc(CN2CCN(C(=O)c3c(C(=O)O)cnn3C)CC2)c1C. The third-order valence-electron chi connectivity index (χ3n) is 4.93. The van der Waals surface area contributed by atoms with Crippen LogP contribution in [0, 0.1) is 6.92 Å². The molecule has 2 aromatic rings. The molecule has 1 N–H and O–H groups in total. The first-order valence-corrected chi connectivity index (χ1v) is 8.70. The Bertz CT molecular complexity index is 817. The molecule has 26 heavy (non-hydrogen) atoms. The van der Waals surface area contributed by atoms with Gasteiger partial charge in [0.2, 0.25) is 0 Å². The number of carbonyl (C=O) groups is 2. The molecule has 9 heteroatoms. The van der Waals surface area contributed by atoms with Gasteiger partial charge in [0, 0.05) is 57.6 Å². The summed E-state index contributed by atoms with van der Waals surface area (Å²) in [6, 6.07) is 0. The second kappa shape index (κ2) is 7.28. The van der Waals surface area contributed by atoms with E-state index < -0.39 is 5.97 Å². The van der Waals surface area contributed by atoms with Crippen molar-refractivity contribution in [1.82, 2.24) is 29.4 Å². The molecule has 0 radical (unpaired) electrons. The fourth-order valence-corrected chi connectivity index (χ4v) is 3.31. The van der Waals surface area contributed by atoms with Crippen molar-refractivity contribution in [3.05, 3.63) is 34.9 Å². The minimum absolute atomic E-state index is 0.0532. The normalized spacial score (nSPS) is 15.4. The predicted molar refractivity (Wildman–Crippen MR) is 94.0 cm³/mol. The Morgan fingerprint density at radius 3 is 2.42 bits per heavy atom. The van der Waals surface area contributed by atoms with Crippen LogP contribution in [0.1, 0.15) is 39.0 Å². The molecule has 2 aromatic heterocycles. The van der Waals surface area contributed by atoms with Gasteiger partial charge in [-0.15, -0.1) is 0 Å². The summed E-state index contributed by atoms with van der Waals surface area (Å²) in [7, 11) is 1.59. The van der Waals surface area contributed by atoms with Crippen LogP contribution in [0.2, 0.25) is 0 Å². The van der Waals surface area contributed by atoms with Crippen LogP contribution in [-0.4, -0.2) is 72.5 Å². The van der Waals surface area contributed by atoms with Crippen LogP contribution in [0.4, 0.5) is 0 Å². The lowest BCUT2D eigenvalue weighted by molar-refractivity contribution is 0.0599. The molecular formula is C17H24N6O3. The third kappa shape index (κ3) is 3.34. The van der Waals surface area contributed by atoms with Crippen molar-refractivity contribution in [3.63, 3.8) is 0 Å². The van der Waals surface area contributed by atoms with Crippen LogP contribution in [0.5, 0.6) is 0 Å². The van der Waals surface area contributed by atoms with Gasteiger partial charge < -0.3 is 10.0 Å². The maximum absolute atomic E-state index is 12.7. The molecule has 3 rings (SSSR count). The summed E-state index contributed by atoms with van der Waals surface area (Å²) >= 11 is 0. The molecule has 0 bridgehead atoms. The monoisotopic (exact) mass is 360 g/mol. The number of hydrogen-bond donors (Lipinski definition) is 1. The Labute approximate surface area is 151 Å². The van der Waals surface area contributed by atoms with E-state index in [0.29, 0.717) is 13.1 Å². The number of piperazine rings is 1. The number of aromatic nitrogens is 4. The molecular weight excluding hydrogens is 336 g/mol. The van der Waals surface area contributed by atoms with Crippen LogP contribution in [0.3, 0.4) is 0 Å². The van der Waals surface area contributed by atoms with Crippen LogP contribution < -0.4 is 0 Å². The first-order valence-electron chi connectivity index (χ1n) is 8.70. The minimum atomic E-state index is -1.14. The van der Waals surface area contributed by atoms with Crippen LogP contribution in [-0.2, 0) is 20.1 Å². The average molecular weight is 360 g/mol. The number of carboxylic acid groups (broad SMARTS) is 1. The summed E-state index contributed by atoms with van der Waals surface area (Å²) in [4.78, 5) is 28.0. The standard InChI is InChI=1S/C17H24N6O3/c1-4-23-12(2)13(9-19-23)11-21-5-7-22(8-6-21)16(24)15-14(17(25)26)10-18-20(15)3/h9-10H,4-8,11H2,1-3H3,(H,25,26). The van der Waals surface area contributed by atoms with E-state index in [9.17, 15) is 14.7 Å². The fourth-order valence-electron chi connectivity index (χ4n) is 3.31. The van der Waals surface area contributed by atoms with Gasteiger partial charge in [0.1, 0.15) is 11.3 Å². The lowest BCUT2D eigenvalue weighted by Crippen LogP contribution is -2.48. The van der Waals surface area contributed by atoms with Crippen LogP contribution >= 0.6 is 0 Å². The maximum Gasteiger partial charge on any atom is 0.339 e. The largest absolute Gasteiger partial charge is 0.478 e. The average Bonchev–Trinajstić information content (AvgIpc) is 3.18. The molecule has 0 aliphatic carbocycles. The number of carbonyl (C=O) groups excluding carboxylic acids is 1. The first kappa shape index (κ1) is 18.1. The quantitative estimate of drug-likeness (QED) is 0.839. The summed E-state index contributed by atoms with van der Waals surface area (Å²) in [5, 5.41) is 17.5. The van der Waals surface area contributed by atoms with Crippen molar-refractivity contribution in [1.29, 1.82) is 0 Å². The van der Waals surface area contributed by atoms with Crippen LogP contribution in [0.25, 0.3) is 0 Å². The fraction of sp³-hybridized carbons (Fsp3) is 0.529. The molecule has 1 amide bonds. The second-order valence-corrected chi connectivity index (χ2v) is 6.47.